The number of rotatable bonds is 1. The molecule has 0 unspecified atom stereocenters. The van der Waals surface area contributed by atoms with Crippen LogP contribution in [0, 0.1) is 0 Å². The first kappa shape index (κ1) is 4.10. The van der Waals surface area contributed by atoms with E-state index in [1.807, 2.05) is 0 Å². The third-order valence-corrected chi connectivity index (χ3v) is 1.50. The van der Waals surface area contributed by atoms with Crippen molar-refractivity contribution in [2.75, 3.05) is 0 Å². The molecule has 0 aliphatic carbocycles. The number of hydrogen-bond donors (Lipinski definition) is 0. The first-order chi connectivity index (χ1) is 1.91. The fourth-order valence-corrected chi connectivity index (χ4v) is 0. The SMILES string of the molecule is [SiH2]=CO[SiH3]. The Morgan fingerprint density at radius 2 is 2.25 bits per heavy atom. The molecule has 0 aromatic rings. The first-order valence-corrected chi connectivity index (χ1v) is 2.69. The maximum atomic E-state index is 4.57. The second kappa shape index (κ2) is 3.10. The summed E-state index contributed by atoms with van der Waals surface area (Å²) in [4.78, 5) is 0. The van der Waals surface area contributed by atoms with Crippen LogP contribution in [-0.2, 0) is 4.43 Å². The molecular weight excluding hydrogens is 84.2 g/mol. The van der Waals surface area contributed by atoms with Gasteiger partial charge in [-0.15, -0.1) is 0 Å². The molecule has 0 bridgehead atoms. The van der Waals surface area contributed by atoms with Crippen LogP contribution in [0.25, 0.3) is 0 Å². The minimum atomic E-state index is 0.841. The van der Waals surface area contributed by atoms with Gasteiger partial charge in [0.2, 0.25) is 10.5 Å². The van der Waals surface area contributed by atoms with E-state index in [-0.39, 0.29) is 0 Å². The van der Waals surface area contributed by atoms with Gasteiger partial charge in [0.15, 0.2) is 0 Å². The highest BCUT2D eigenvalue weighted by Crippen LogP contribution is 1.30. The molecule has 0 spiro atoms. The zero-order valence-electron chi connectivity index (χ0n) is 2.69. The van der Waals surface area contributed by atoms with Gasteiger partial charge in [0.1, 0.15) is 0 Å². The van der Waals surface area contributed by atoms with Crippen LogP contribution < -0.4 is 0 Å². The molecule has 0 radical (unpaired) electrons. The highest BCUT2D eigenvalue weighted by atomic mass is 28.2. The van der Waals surface area contributed by atoms with E-state index in [1.54, 1.807) is 15.7 Å². The minimum Gasteiger partial charge on any atom is -0.564 e. The van der Waals surface area contributed by atoms with Gasteiger partial charge < -0.3 is 4.43 Å². The highest BCUT2D eigenvalue weighted by molar-refractivity contribution is 6.28. The summed E-state index contributed by atoms with van der Waals surface area (Å²) in [5.74, 6) is 1.71. The standard InChI is InChI=1S/CH6OSi2/c3-1-2-4/h1H,3H2,4H3. The average Bonchev–Trinajstić information content (AvgIpc) is 1.37. The lowest BCUT2D eigenvalue weighted by molar-refractivity contribution is 0.654. The minimum absolute atomic E-state index is 0.841. The van der Waals surface area contributed by atoms with Crippen LogP contribution in [0.4, 0.5) is 0 Å². The largest absolute Gasteiger partial charge is 0.564 e. The molecule has 3 heteroatoms. The predicted octanol–water partition coefficient (Wildman–Crippen LogP) is -2.32. The summed E-state index contributed by atoms with van der Waals surface area (Å²) >= 11 is 0. The van der Waals surface area contributed by atoms with Gasteiger partial charge in [0.05, 0.1) is 0 Å². The molecule has 0 heterocycles. The number of hydrogen-bond acceptors (Lipinski definition) is 1. The monoisotopic (exact) mass is 90.0 g/mol. The molecule has 0 rings (SSSR count). The molecule has 1 nitrogen and oxygen atoms in total. The van der Waals surface area contributed by atoms with Crippen molar-refractivity contribution < 1.29 is 4.43 Å². The second-order valence-corrected chi connectivity index (χ2v) is 1.21. The van der Waals surface area contributed by atoms with Gasteiger partial charge >= 0.3 is 0 Å². The maximum Gasteiger partial charge on any atom is 0.202 e. The van der Waals surface area contributed by atoms with Gasteiger partial charge in [-0.25, -0.2) is 0 Å². The lowest BCUT2D eigenvalue weighted by Gasteiger charge is -1.75. The lowest BCUT2D eigenvalue weighted by Crippen LogP contribution is -1.73. The Morgan fingerprint density at radius 3 is 2.25 bits per heavy atom. The van der Waals surface area contributed by atoms with E-state index in [1.165, 1.54) is 0 Å². The van der Waals surface area contributed by atoms with Gasteiger partial charge in [-0.3, -0.25) is 0 Å². The van der Waals surface area contributed by atoms with E-state index < -0.39 is 0 Å². The predicted molar refractivity (Wildman–Crippen MR) is 25.6 cm³/mol. The van der Waals surface area contributed by atoms with Crippen LogP contribution in [0.5, 0.6) is 0 Å². The van der Waals surface area contributed by atoms with Crippen LogP contribution in [0.1, 0.15) is 0 Å². The molecule has 0 aromatic carbocycles. The average molecular weight is 90.2 g/mol. The van der Waals surface area contributed by atoms with Gasteiger partial charge in [0.25, 0.3) is 0 Å². The second-order valence-electron chi connectivity index (χ2n) is 0.402. The molecule has 0 aliphatic heterocycles. The van der Waals surface area contributed by atoms with E-state index in [0.717, 1.165) is 10.5 Å². The smallest absolute Gasteiger partial charge is 0.202 e. The Morgan fingerprint density at radius 1 is 2.00 bits per heavy atom. The van der Waals surface area contributed by atoms with Crippen LogP contribution in [0.2, 0.25) is 0 Å². The summed E-state index contributed by atoms with van der Waals surface area (Å²) in [5, 5.41) is 0. The highest BCUT2D eigenvalue weighted by Gasteiger charge is 1.36. The Kier molecular flexibility index (Phi) is 3.18. The summed E-state index contributed by atoms with van der Waals surface area (Å²) in [6.45, 7) is 0. The van der Waals surface area contributed by atoms with Crippen LogP contribution in [0.15, 0.2) is 0 Å². The Labute approximate surface area is 31.6 Å². The van der Waals surface area contributed by atoms with E-state index in [9.17, 15) is 0 Å². The topological polar surface area (TPSA) is 9.23 Å². The molecule has 0 fully saturated rings. The van der Waals surface area contributed by atoms with Crippen LogP contribution >= 0.6 is 0 Å². The Hall–Kier alpha value is 0.104. The van der Waals surface area contributed by atoms with E-state index in [0.29, 0.717) is 0 Å². The van der Waals surface area contributed by atoms with Gasteiger partial charge in [-0.1, -0.05) is 0 Å². The molecule has 0 amide bonds. The molecule has 0 saturated carbocycles. The van der Waals surface area contributed by atoms with Crippen molar-refractivity contribution in [3.05, 3.63) is 0 Å². The van der Waals surface area contributed by atoms with Crippen LogP contribution in [-0.4, -0.2) is 26.2 Å². The molecule has 0 atom stereocenters. The fourth-order valence-electron chi connectivity index (χ4n) is 0. The zero-order chi connectivity index (χ0) is 3.41. The van der Waals surface area contributed by atoms with Gasteiger partial charge in [-0.2, -0.15) is 0 Å². The lowest BCUT2D eigenvalue weighted by atomic mass is 11.7. The molecular formula is CH6OSi2. The van der Waals surface area contributed by atoms with Crippen molar-refractivity contribution in [1.29, 1.82) is 0 Å². The summed E-state index contributed by atoms with van der Waals surface area (Å²) in [5.41, 5.74) is 0. The molecule has 0 aliphatic rings. The van der Waals surface area contributed by atoms with E-state index in [2.05, 4.69) is 4.43 Å². The van der Waals surface area contributed by atoms with Crippen molar-refractivity contribution in [2.24, 2.45) is 0 Å². The van der Waals surface area contributed by atoms with E-state index in [4.69, 9.17) is 0 Å². The summed E-state index contributed by atoms with van der Waals surface area (Å²) in [6, 6.07) is 0. The quantitative estimate of drug-likeness (QED) is 0.328. The summed E-state index contributed by atoms with van der Waals surface area (Å²) in [6.07, 6.45) is 0. The maximum absolute atomic E-state index is 4.57. The molecule has 0 aromatic heterocycles. The Balaban J connectivity index is 2.30. The van der Waals surface area contributed by atoms with Gasteiger partial charge in [-0.05, 0) is 0 Å². The Bertz CT molecular complexity index is 20.0. The molecule has 4 heavy (non-hydrogen) atoms. The third kappa shape index (κ3) is 2.10. The van der Waals surface area contributed by atoms with Crippen molar-refractivity contribution in [2.45, 2.75) is 0 Å². The first-order valence-electron chi connectivity index (χ1n) is 1.05. The van der Waals surface area contributed by atoms with Crippen molar-refractivity contribution >= 4 is 26.2 Å². The van der Waals surface area contributed by atoms with Crippen molar-refractivity contribution in [3.8, 4) is 0 Å². The summed E-state index contributed by atoms with van der Waals surface area (Å²) in [7, 11) is 2.55. The van der Waals surface area contributed by atoms with Gasteiger partial charge in [0, 0.05) is 15.7 Å². The zero-order valence-corrected chi connectivity index (χ0v) is 6.11. The molecule has 24 valence electrons. The molecule has 0 saturated heterocycles. The third-order valence-electron chi connectivity index (χ3n) is 0.167. The van der Waals surface area contributed by atoms with Crippen molar-refractivity contribution in [1.82, 2.24) is 0 Å². The summed E-state index contributed by atoms with van der Waals surface area (Å²) < 4.78 is 4.57. The fraction of sp³-hybridized carbons (Fsp3) is 0. The molecule has 0 N–H and O–H groups in total. The normalized spacial score (nSPS) is 6.00. The van der Waals surface area contributed by atoms with Crippen molar-refractivity contribution in [3.63, 3.8) is 0 Å². The van der Waals surface area contributed by atoms with Crippen LogP contribution in [0.3, 0.4) is 0 Å². The van der Waals surface area contributed by atoms with E-state index >= 15 is 0 Å².